The molecule has 0 aliphatic carbocycles. The second-order valence-electron chi connectivity index (χ2n) is 3.39. The molecule has 1 aromatic carbocycles. The molecule has 0 fully saturated rings. The molecule has 86 valence electrons. The van der Waals surface area contributed by atoms with Gasteiger partial charge in [-0.05, 0) is 34.5 Å². The number of anilines is 1. The zero-order valence-corrected chi connectivity index (χ0v) is 9.52. The molecule has 0 saturated heterocycles. The highest BCUT2D eigenvalue weighted by Gasteiger charge is 2.12. The van der Waals surface area contributed by atoms with E-state index in [4.69, 9.17) is 5.26 Å². The molecule has 0 radical (unpaired) electrons. The number of halogens is 2. The topological polar surface area (TPSA) is 35.8 Å². The molecule has 17 heavy (non-hydrogen) atoms. The minimum atomic E-state index is -1.11. The van der Waals surface area contributed by atoms with Gasteiger partial charge in [-0.2, -0.15) is 16.6 Å². The van der Waals surface area contributed by atoms with Gasteiger partial charge in [-0.3, -0.25) is 0 Å². The van der Waals surface area contributed by atoms with Crippen molar-refractivity contribution in [1.29, 1.82) is 5.26 Å². The Hall–Kier alpha value is -1.93. The number of nitriles is 1. The van der Waals surface area contributed by atoms with Crippen molar-refractivity contribution in [2.45, 2.75) is 6.54 Å². The molecule has 0 unspecified atom stereocenters. The Morgan fingerprint density at radius 1 is 1.24 bits per heavy atom. The lowest BCUT2D eigenvalue weighted by molar-refractivity contribution is 0.508. The Balaban J connectivity index is 2.17. The van der Waals surface area contributed by atoms with Gasteiger partial charge in [-0.1, -0.05) is 0 Å². The average Bonchev–Trinajstić information content (AvgIpc) is 2.84. The molecule has 2 rings (SSSR count). The smallest absolute Gasteiger partial charge is 0.183 e. The van der Waals surface area contributed by atoms with E-state index in [1.165, 1.54) is 23.5 Å². The first kappa shape index (κ1) is 11.6. The third-order valence-electron chi connectivity index (χ3n) is 2.27. The molecule has 0 atom stereocenters. The third-order valence-corrected chi connectivity index (χ3v) is 3.00. The second kappa shape index (κ2) is 4.93. The summed E-state index contributed by atoms with van der Waals surface area (Å²) < 4.78 is 26.8. The summed E-state index contributed by atoms with van der Waals surface area (Å²) >= 11 is 1.54. The quantitative estimate of drug-likeness (QED) is 0.904. The highest BCUT2D eigenvalue weighted by Crippen LogP contribution is 2.21. The van der Waals surface area contributed by atoms with E-state index in [9.17, 15) is 8.78 Å². The van der Waals surface area contributed by atoms with Crippen LogP contribution in [0.4, 0.5) is 14.5 Å². The van der Waals surface area contributed by atoms with Gasteiger partial charge in [0.1, 0.15) is 6.07 Å². The fourth-order valence-corrected chi connectivity index (χ4v) is 2.03. The van der Waals surface area contributed by atoms with Gasteiger partial charge in [0.05, 0.1) is 11.3 Å². The Bertz CT molecular complexity index is 559. The summed E-state index contributed by atoms with van der Waals surface area (Å²) in [6.45, 7) is 0.422. The molecule has 0 bridgehead atoms. The van der Waals surface area contributed by atoms with Crippen LogP contribution in [0.3, 0.4) is 0 Å². The Labute approximate surface area is 101 Å². The molecule has 5 heteroatoms. The fourth-order valence-electron chi connectivity index (χ4n) is 1.36. The lowest BCUT2D eigenvalue weighted by Gasteiger charge is -2.07. The molecule has 0 aliphatic heterocycles. The monoisotopic (exact) mass is 250 g/mol. The predicted molar refractivity (Wildman–Crippen MR) is 62.7 cm³/mol. The SMILES string of the molecule is N#Cc1ccc(NCc2ccsc2)c(F)c1F. The van der Waals surface area contributed by atoms with E-state index in [0.717, 1.165) is 5.56 Å². The van der Waals surface area contributed by atoms with Gasteiger partial charge in [0, 0.05) is 6.54 Å². The molecule has 1 aromatic heterocycles. The highest BCUT2D eigenvalue weighted by atomic mass is 32.1. The number of hydrogen-bond acceptors (Lipinski definition) is 3. The van der Waals surface area contributed by atoms with Crippen molar-refractivity contribution in [3.63, 3.8) is 0 Å². The molecule has 0 spiro atoms. The van der Waals surface area contributed by atoms with Crippen LogP contribution in [0.25, 0.3) is 0 Å². The maximum absolute atomic E-state index is 13.5. The first-order valence-electron chi connectivity index (χ1n) is 4.85. The average molecular weight is 250 g/mol. The normalized spacial score (nSPS) is 9.94. The Morgan fingerprint density at radius 2 is 2.06 bits per heavy atom. The molecule has 0 saturated carbocycles. The molecule has 1 heterocycles. The van der Waals surface area contributed by atoms with E-state index >= 15 is 0 Å². The van der Waals surface area contributed by atoms with Crippen LogP contribution < -0.4 is 5.32 Å². The lowest BCUT2D eigenvalue weighted by atomic mass is 10.2. The Kier molecular flexibility index (Phi) is 3.35. The van der Waals surface area contributed by atoms with Crippen molar-refractivity contribution in [1.82, 2.24) is 0 Å². The van der Waals surface area contributed by atoms with Gasteiger partial charge in [0.15, 0.2) is 11.6 Å². The van der Waals surface area contributed by atoms with Crippen molar-refractivity contribution in [3.8, 4) is 6.07 Å². The van der Waals surface area contributed by atoms with Gasteiger partial charge in [0.25, 0.3) is 0 Å². The van der Waals surface area contributed by atoms with Gasteiger partial charge < -0.3 is 5.32 Å². The molecular weight excluding hydrogens is 242 g/mol. The summed E-state index contributed by atoms with van der Waals surface area (Å²) in [6, 6.07) is 6.11. The van der Waals surface area contributed by atoms with E-state index in [1.54, 1.807) is 6.07 Å². The molecule has 2 nitrogen and oxygen atoms in total. The van der Waals surface area contributed by atoms with Crippen LogP contribution >= 0.6 is 11.3 Å². The summed E-state index contributed by atoms with van der Waals surface area (Å²) in [5, 5.41) is 15.2. The van der Waals surface area contributed by atoms with Crippen LogP contribution in [-0.2, 0) is 6.54 Å². The van der Waals surface area contributed by atoms with Crippen LogP contribution in [0.2, 0.25) is 0 Å². The number of thiophene rings is 1. The molecular formula is C12H8F2N2S. The zero-order chi connectivity index (χ0) is 12.3. The summed E-state index contributed by atoms with van der Waals surface area (Å²) in [5.41, 5.74) is 0.774. The second-order valence-corrected chi connectivity index (χ2v) is 4.17. The van der Waals surface area contributed by atoms with Crippen molar-refractivity contribution in [3.05, 3.63) is 51.7 Å². The zero-order valence-electron chi connectivity index (χ0n) is 8.71. The van der Waals surface area contributed by atoms with Gasteiger partial charge in [-0.15, -0.1) is 0 Å². The summed E-state index contributed by atoms with van der Waals surface area (Å²) in [4.78, 5) is 0. The first-order valence-corrected chi connectivity index (χ1v) is 5.79. The minimum absolute atomic E-state index is 0.0627. The maximum atomic E-state index is 13.5. The van der Waals surface area contributed by atoms with Crippen molar-refractivity contribution in [2.75, 3.05) is 5.32 Å². The highest BCUT2D eigenvalue weighted by molar-refractivity contribution is 7.07. The van der Waals surface area contributed by atoms with E-state index in [-0.39, 0.29) is 11.3 Å². The van der Waals surface area contributed by atoms with E-state index in [0.29, 0.717) is 6.54 Å². The summed E-state index contributed by atoms with van der Waals surface area (Å²) in [6.07, 6.45) is 0. The number of rotatable bonds is 3. The van der Waals surface area contributed by atoms with Crippen LogP contribution in [0.5, 0.6) is 0 Å². The van der Waals surface area contributed by atoms with E-state index in [2.05, 4.69) is 5.32 Å². The molecule has 0 amide bonds. The van der Waals surface area contributed by atoms with E-state index < -0.39 is 11.6 Å². The predicted octanol–water partition coefficient (Wildman–Crippen LogP) is 3.51. The largest absolute Gasteiger partial charge is 0.378 e. The number of hydrogen-bond donors (Lipinski definition) is 1. The van der Waals surface area contributed by atoms with Crippen LogP contribution in [-0.4, -0.2) is 0 Å². The first-order chi connectivity index (χ1) is 8.22. The summed E-state index contributed by atoms with van der Waals surface area (Å²) in [5.74, 6) is -2.12. The minimum Gasteiger partial charge on any atom is -0.378 e. The van der Waals surface area contributed by atoms with Crippen LogP contribution in [0.15, 0.2) is 29.0 Å². The van der Waals surface area contributed by atoms with Gasteiger partial charge in [0.2, 0.25) is 0 Å². The fraction of sp³-hybridized carbons (Fsp3) is 0.0833. The Morgan fingerprint density at radius 3 is 2.71 bits per heavy atom. The molecule has 1 N–H and O–H groups in total. The van der Waals surface area contributed by atoms with Crippen LogP contribution in [0.1, 0.15) is 11.1 Å². The third kappa shape index (κ3) is 2.43. The van der Waals surface area contributed by atoms with Gasteiger partial charge in [-0.25, -0.2) is 8.78 Å². The van der Waals surface area contributed by atoms with Gasteiger partial charge >= 0.3 is 0 Å². The lowest BCUT2D eigenvalue weighted by Crippen LogP contribution is -2.03. The number of nitrogens with zero attached hydrogens (tertiary/aromatic N) is 1. The molecule has 0 aliphatic rings. The van der Waals surface area contributed by atoms with Crippen molar-refractivity contribution in [2.24, 2.45) is 0 Å². The number of benzene rings is 1. The van der Waals surface area contributed by atoms with E-state index in [1.807, 2.05) is 16.8 Å². The summed E-state index contributed by atoms with van der Waals surface area (Å²) in [7, 11) is 0. The van der Waals surface area contributed by atoms with Crippen molar-refractivity contribution < 1.29 is 8.78 Å². The number of nitrogens with one attached hydrogen (secondary N) is 1. The maximum Gasteiger partial charge on any atom is 0.183 e. The molecule has 2 aromatic rings. The van der Waals surface area contributed by atoms with Crippen molar-refractivity contribution >= 4 is 17.0 Å². The van der Waals surface area contributed by atoms with Crippen LogP contribution in [0, 0.1) is 23.0 Å². The standard InChI is InChI=1S/C12H8F2N2S/c13-11-9(5-15)1-2-10(12(11)14)16-6-8-3-4-17-7-8/h1-4,7,16H,6H2.